The lowest BCUT2D eigenvalue weighted by atomic mass is 9.79. The highest BCUT2D eigenvalue weighted by atomic mass is 15.2. The van der Waals surface area contributed by atoms with E-state index in [0.717, 1.165) is 24.8 Å². The second kappa shape index (κ2) is 4.26. The van der Waals surface area contributed by atoms with Gasteiger partial charge in [0.2, 0.25) is 0 Å². The Kier molecular flexibility index (Phi) is 2.88. The van der Waals surface area contributed by atoms with Crippen molar-refractivity contribution in [3.63, 3.8) is 0 Å². The zero-order valence-corrected chi connectivity index (χ0v) is 10.8. The highest BCUT2D eigenvalue weighted by Gasteiger charge is 2.45. The monoisotopic (exact) mass is 233 g/mol. The van der Waals surface area contributed by atoms with Crippen LogP contribution in [0.1, 0.15) is 44.9 Å². The molecule has 3 heteroatoms. The van der Waals surface area contributed by atoms with Crippen LogP contribution in [-0.2, 0) is 0 Å². The highest BCUT2D eigenvalue weighted by molar-refractivity contribution is 5.11. The maximum absolute atomic E-state index is 9.40. The van der Waals surface area contributed by atoms with Gasteiger partial charge in [-0.2, -0.15) is 5.26 Å². The zero-order valence-electron chi connectivity index (χ0n) is 10.8. The van der Waals surface area contributed by atoms with Crippen LogP contribution in [0.5, 0.6) is 0 Å². The topological polar surface area (TPSA) is 39.1 Å². The van der Waals surface area contributed by atoms with Crippen LogP contribution in [0, 0.1) is 17.2 Å². The van der Waals surface area contributed by atoms with Gasteiger partial charge in [-0.05, 0) is 57.9 Å². The first-order valence-electron chi connectivity index (χ1n) is 7.12. The number of nitriles is 1. The van der Waals surface area contributed by atoms with Crippen molar-refractivity contribution in [2.45, 2.75) is 62.6 Å². The van der Waals surface area contributed by atoms with Crippen LogP contribution in [0.15, 0.2) is 0 Å². The lowest BCUT2D eigenvalue weighted by molar-refractivity contribution is 0.0929. The van der Waals surface area contributed by atoms with E-state index in [1.165, 1.54) is 38.6 Å². The van der Waals surface area contributed by atoms with Gasteiger partial charge in [-0.3, -0.25) is 4.90 Å². The van der Waals surface area contributed by atoms with Crippen LogP contribution in [0.4, 0.5) is 0 Å². The summed E-state index contributed by atoms with van der Waals surface area (Å²) in [5.74, 6) is 0.966. The molecule has 1 saturated heterocycles. The molecule has 2 saturated carbocycles. The lowest BCUT2D eigenvalue weighted by Crippen LogP contribution is -2.53. The second-order valence-corrected chi connectivity index (χ2v) is 6.22. The molecule has 0 radical (unpaired) electrons. The molecule has 2 bridgehead atoms. The van der Waals surface area contributed by atoms with Gasteiger partial charge in [-0.25, -0.2) is 0 Å². The minimum Gasteiger partial charge on any atom is -0.302 e. The molecule has 3 fully saturated rings. The van der Waals surface area contributed by atoms with E-state index < -0.39 is 0 Å². The van der Waals surface area contributed by atoms with E-state index in [1.54, 1.807) is 0 Å². The van der Waals surface area contributed by atoms with Gasteiger partial charge in [0.05, 0.1) is 6.07 Å². The van der Waals surface area contributed by atoms with Crippen molar-refractivity contribution in [2.24, 2.45) is 5.92 Å². The minimum absolute atomic E-state index is 0.245. The molecule has 0 aromatic heterocycles. The van der Waals surface area contributed by atoms with Crippen molar-refractivity contribution in [3.05, 3.63) is 0 Å². The number of nitrogens with one attached hydrogen (secondary N) is 1. The predicted molar refractivity (Wildman–Crippen MR) is 67.5 cm³/mol. The third-order valence-corrected chi connectivity index (χ3v) is 5.34. The van der Waals surface area contributed by atoms with Crippen LogP contribution in [-0.4, -0.2) is 36.1 Å². The van der Waals surface area contributed by atoms with E-state index in [4.69, 9.17) is 0 Å². The molecular weight excluding hydrogens is 210 g/mol. The molecule has 3 nitrogen and oxygen atoms in total. The Morgan fingerprint density at radius 3 is 2.76 bits per heavy atom. The van der Waals surface area contributed by atoms with E-state index >= 15 is 0 Å². The Morgan fingerprint density at radius 1 is 1.29 bits per heavy atom. The summed E-state index contributed by atoms with van der Waals surface area (Å²) in [7, 11) is 1.95. The number of nitrogens with zero attached hydrogens (tertiary/aromatic N) is 2. The fraction of sp³-hybridized carbons (Fsp3) is 0.929. The maximum Gasteiger partial charge on any atom is 0.108 e. The van der Waals surface area contributed by atoms with Crippen molar-refractivity contribution in [3.8, 4) is 6.07 Å². The van der Waals surface area contributed by atoms with Crippen LogP contribution in [0.2, 0.25) is 0 Å². The Labute approximate surface area is 104 Å². The average molecular weight is 233 g/mol. The molecular formula is C14H23N3. The molecule has 1 heterocycles. The molecule has 0 spiro atoms. The van der Waals surface area contributed by atoms with Gasteiger partial charge in [0.1, 0.15) is 5.54 Å². The SMILES string of the molecule is CNC1(C#N)CCCC(N2CC3CCC2C3)C1. The number of rotatable bonds is 2. The van der Waals surface area contributed by atoms with Crippen molar-refractivity contribution >= 4 is 0 Å². The molecule has 94 valence electrons. The third kappa shape index (κ3) is 1.88. The van der Waals surface area contributed by atoms with Crippen LogP contribution in [0.25, 0.3) is 0 Å². The fourth-order valence-electron chi connectivity index (χ4n) is 4.32. The van der Waals surface area contributed by atoms with Crippen molar-refractivity contribution in [1.29, 1.82) is 5.26 Å². The quantitative estimate of drug-likeness (QED) is 0.791. The van der Waals surface area contributed by atoms with Gasteiger partial charge in [0.25, 0.3) is 0 Å². The van der Waals surface area contributed by atoms with Gasteiger partial charge in [0.15, 0.2) is 0 Å². The molecule has 0 aromatic rings. The highest BCUT2D eigenvalue weighted by Crippen LogP contribution is 2.42. The van der Waals surface area contributed by atoms with E-state index in [2.05, 4.69) is 16.3 Å². The molecule has 4 unspecified atom stereocenters. The van der Waals surface area contributed by atoms with E-state index in [9.17, 15) is 5.26 Å². The molecule has 0 aromatic carbocycles. The zero-order chi connectivity index (χ0) is 11.9. The Balaban J connectivity index is 1.70. The summed E-state index contributed by atoms with van der Waals surface area (Å²) in [6.45, 7) is 1.31. The standard InChI is InChI=1S/C14H23N3/c1-16-14(10-15)6-2-3-13(8-14)17-9-11-4-5-12(17)7-11/h11-13,16H,2-9H2,1H3. The molecule has 3 rings (SSSR count). The number of likely N-dealkylation sites (tertiary alicyclic amines) is 1. The number of piperidine rings is 1. The first-order chi connectivity index (χ1) is 8.26. The Bertz CT molecular complexity index is 335. The van der Waals surface area contributed by atoms with Crippen molar-refractivity contribution in [2.75, 3.05) is 13.6 Å². The lowest BCUT2D eigenvalue weighted by Gasteiger charge is -2.42. The summed E-state index contributed by atoms with van der Waals surface area (Å²) >= 11 is 0. The smallest absolute Gasteiger partial charge is 0.108 e. The minimum atomic E-state index is -0.245. The summed E-state index contributed by atoms with van der Waals surface area (Å²) in [5.41, 5.74) is -0.245. The van der Waals surface area contributed by atoms with Crippen molar-refractivity contribution in [1.82, 2.24) is 10.2 Å². The second-order valence-electron chi connectivity index (χ2n) is 6.22. The van der Waals surface area contributed by atoms with Gasteiger partial charge < -0.3 is 5.32 Å². The average Bonchev–Trinajstić information content (AvgIpc) is 3.01. The molecule has 2 aliphatic carbocycles. The summed E-state index contributed by atoms with van der Waals surface area (Å²) in [6, 6.07) is 4.03. The molecule has 3 aliphatic rings. The maximum atomic E-state index is 9.40. The number of fused-ring (bicyclic) bond motifs is 2. The molecule has 17 heavy (non-hydrogen) atoms. The van der Waals surface area contributed by atoms with Gasteiger partial charge in [-0.15, -0.1) is 0 Å². The Hall–Kier alpha value is -0.590. The first-order valence-corrected chi connectivity index (χ1v) is 7.12. The number of hydrogen-bond acceptors (Lipinski definition) is 3. The summed E-state index contributed by atoms with van der Waals surface area (Å²) in [6.07, 6.45) is 8.84. The van der Waals surface area contributed by atoms with E-state index in [-0.39, 0.29) is 5.54 Å². The van der Waals surface area contributed by atoms with E-state index in [1.807, 2.05) is 7.05 Å². The molecule has 0 amide bonds. The fourth-order valence-corrected chi connectivity index (χ4v) is 4.32. The van der Waals surface area contributed by atoms with E-state index in [0.29, 0.717) is 6.04 Å². The summed E-state index contributed by atoms with van der Waals surface area (Å²) < 4.78 is 0. The summed E-state index contributed by atoms with van der Waals surface area (Å²) in [5, 5.41) is 12.7. The third-order valence-electron chi connectivity index (χ3n) is 5.34. The molecule has 1 N–H and O–H groups in total. The molecule has 1 aliphatic heterocycles. The van der Waals surface area contributed by atoms with Crippen molar-refractivity contribution < 1.29 is 0 Å². The van der Waals surface area contributed by atoms with Gasteiger partial charge in [-0.1, -0.05) is 0 Å². The predicted octanol–water partition coefficient (Wildman–Crippen LogP) is 1.90. The van der Waals surface area contributed by atoms with Crippen LogP contribution in [0.3, 0.4) is 0 Å². The van der Waals surface area contributed by atoms with Crippen LogP contribution >= 0.6 is 0 Å². The summed E-state index contributed by atoms with van der Waals surface area (Å²) in [4.78, 5) is 2.73. The Morgan fingerprint density at radius 2 is 2.18 bits per heavy atom. The molecule has 4 atom stereocenters. The van der Waals surface area contributed by atoms with Crippen LogP contribution < -0.4 is 5.32 Å². The number of hydrogen-bond donors (Lipinski definition) is 1. The van der Waals surface area contributed by atoms with Gasteiger partial charge in [0, 0.05) is 18.6 Å². The largest absolute Gasteiger partial charge is 0.302 e. The van der Waals surface area contributed by atoms with Gasteiger partial charge >= 0.3 is 0 Å². The normalized spacial score (nSPS) is 46.0. The first kappa shape index (κ1) is 11.5.